The number of hydrogen-bond donors (Lipinski definition) is 1. The zero-order valence-electron chi connectivity index (χ0n) is 11.7. The molecule has 1 amide bonds. The number of nitrogens with zero attached hydrogens (tertiary/aromatic N) is 1. The van der Waals surface area contributed by atoms with Crippen molar-refractivity contribution < 1.29 is 4.79 Å². The van der Waals surface area contributed by atoms with E-state index in [0.717, 1.165) is 41.9 Å². The zero-order valence-corrected chi connectivity index (χ0v) is 12.5. The van der Waals surface area contributed by atoms with Crippen molar-refractivity contribution in [3.8, 4) is 11.1 Å². The Hall–Kier alpha value is -1.55. The van der Waals surface area contributed by atoms with Crippen LogP contribution in [0.4, 0.5) is 0 Å². The second-order valence-corrected chi connectivity index (χ2v) is 5.58. The summed E-state index contributed by atoms with van der Waals surface area (Å²) in [6.45, 7) is 7.17. The highest BCUT2D eigenvalue weighted by molar-refractivity contribution is 7.08. The minimum Gasteiger partial charge on any atom is -0.366 e. The largest absolute Gasteiger partial charge is 0.366 e. The van der Waals surface area contributed by atoms with Crippen molar-refractivity contribution in [1.82, 2.24) is 4.57 Å². The SMILES string of the molecule is CCCCn1c(C)c(C(N)=O)c(-c2ccsc2)c1C. The average molecular weight is 276 g/mol. The number of carbonyl (C=O) groups excluding carboxylic acids is 1. The number of rotatable bonds is 5. The van der Waals surface area contributed by atoms with Crippen molar-refractivity contribution in [2.24, 2.45) is 5.73 Å². The number of nitrogens with two attached hydrogens (primary N) is 1. The van der Waals surface area contributed by atoms with E-state index in [4.69, 9.17) is 5.73 Å². The molecule has 2 heterocycles. The maximum absolute atomic E-state index is 11.8. The van der Waals surface area contributed by atoms with Crippen LogP contribution in [0.3, 0.4) is 0 Å². The average Bonchev–Trinajstić information content (AvgIpc) is 2.95. The van der Waals surface area contributed by atoms with Gasteiger partial charge in [-0.05, 0) is 42.7 Å². The molecule has 4 heteroatoms. The summed E-state index contributed by atoms with van der Waals surface area (Å²) >= 11 is 1.64. The van der Waals surface area contributed by atoms with Crippen LogP contribution in [-0.4, -0.2) is 10.5 Å². The fourth-order valence-electron chi connectivity index (χ4n) is 2.60. The van der Waals surface area contributed by atoms with Gasteiger partial charge in [-0.2, -0.15) is 11.3 Å². The lowest BCUT2D eigenvalue weighted by Gasteiger charge is -2.08. The van der Waals surface area contributed by atoms with Gasteiger partial charge >= 0.3 is 0 Å². The highest BCUT2D eigenvalue weighted by Crippen LogP contribution is 2.33. The fraction of sp³-hybridized carbons (Fsp3) is 0.400. The number of unbranched alkanes of at least 4 members (excludes halogenated alkanes) is 1. The molecule has 0 aliphatic heterocycles. The third-order valence-corrected chi connectivity index (χ3v) is 4.26. The van der Waals surface area contributed by atoms with Crippen molar-refractivity contribution in [2.75, 3.05) is 0 Å². The van der Waals surface area contributed by atoms with Gasteiger partial charge in [0.25, 0.3) is 5.91 Å². The minimum absolute atomic E-state index is 0.336. The van der Waals surface area contributed by atoms with Gasteiger partial charge in [0.1, 0.15) is 0 Å². The van der Waals surface area contributed by atoms with Gasteiger partial charge in [0, 0.05) is 23.5 Å². The predicted molar refractivity (Wildman–Crippen MR) is 80.6 cm³/mol. The first-order valence-electron chi connectivity index (χ1n) is 6.60. The number of aromatic nitrogens is 1. The van der Waals surface area contributed by atoms with E-state index in [0.29, 0.717) is 5.56 Å². The zero-order chi connectivity index (χ0) is 14.0. The Balaban J connectivity index is 2.61. The van der Waals surface area contributed by atoms with Gasteiger partial charge in [0.05, 0.1) is 5.56 Å². The third-order valence-electron chi connectivity index (χ3n) is 3.57. The van der Waals surface area contributed by atoms with Crippen LogP contribution in [0.2, 0.25) is 0 Å². The van der Waals surface area contributed by atoms with Gasteiger partial charge < -0.3 is 10.3 Å². The van der Waals surface area contributed by atoms with Crippen LogP contribution < -0.4 is 5.73 Å². The molecule has 0 aromatic carbocycles. The van der Waals surface area contributed by atoms with Crippen LogP contribution >= 0.6 is 11.3 Å². The van der Waals surface area contributed by atoms with Gasteiger partial charge in [-0.3, -0.25) is 4.79 Å². The third kappa shape index (κ3) is 2.45. The van der Waals surface area contributed by atoms with E-state index in [1.807, 2.05) is 18.4 Å². The summed E-state index contributed by atoms with van der Waals surface area (Å²) in [4.78, 5) is 11.8. The van der Waals surface area contributed by atoms with E-state index in [1.54, 1.807) is 11.3 Å². The van der Waals surface area contributed by atoms with Crippen molar-refractivity contribution in [3.63, 3.8) is 0 Å². The molecule has 0 aliphatic rings. The summed E-state index contributed by atoms with van der Waals surface area (Å²) in [7, 11) is 0. The normalized spacial score (nSPS) is 10.9. The maximum Gasteiger partial charge on any atom is 0.251 e. The number of amides is 1. The van der Waals surface area contributed by atoms with Gasteiger partial charge in [0.2, 0.25) is 0 Å². The first-order valence-corrected chi connectivity index (χ1v) is 7.54. The summed E-state index contributed by atoms with van der Waals surface area (Å²) in [5.74, 6) is -0.336. The van der Waals surface area contributed by atoms with Crippen LogP contribution in [0.15, 0.2) is 16.8 Å². The Morgan fingerprint density at radius 2 is 2.11 bits per heavy atom. The molecule has 0 saturated carbocycles. The molecule has 19 heavy (non-hydrogen) atoms. The van der Waals surface area contributed by atoms with Gasteiger partial charge in [-0.15, -0.1) is 0 Å². The van der Waals surface area contributed by atoms with Crippen LogP contribution in [0, 0.1) is 13.8 Å². The van der Waals surface area contributed by atoms with Crippen molar-refractivity contribution in [3.05, 3.63) is 33.8 Å². The molecule has 3 nitrogen and oxygen atoms in total. The molecule has 0 bridgehead atoms. The summed E-state index contributed by atoms with van der Waals surface area (Å²) < 4.78 is 2.22. The Kier molecular flexibility index (Phi) is 4.10. The lowest BCUT2D eigenvalue weighted by molar-refractivity contribution is 0.1000. The van der Waals surface area contributed by atoms with Gasteiger partial charge in [-0.1, -0.05) is 13.3 Å². The van der Waals surface area contributed by atoms with E-state index in [-0.39, 0.29) is 5.91 Å². The van der Waals surface area contributed by atoms with Crippen molar-refractivity contribution in [2.45, 2.75) is 40.2 Å². The van der Waals surface area contributed by atoms with Crippen LogP contribution in [-0.2, 0) is 6.54 Å². The lowest BCUT2D eigenvalue weighted by Crippen LogP contribution is -2.13. The van der Waals surface area contributed by atoms with Crippen LogP contribution in [0.5, 0.6) is 0 Å². The summed E-state index contributed by atoms with van der Waals surface area (Å²) in [6, 6.07) is 2.04. The molecule has 0 unspecified atom stereocenters. The number of thiophene rings is 1. The smallest absolute Gasteiger partial charge is 0.251 e. The molecule has 2 aromatic rings. The molecule has 0 fully saturated rings. The monoisotopic (exact) mass is 276 g/mol. The molecule has 2 aromatic heterocycles. The Morgan fingerprint density at radius 1 is 1.37 bits per heavy atom. The second-order valence-electron chi connectivity index (χ2n) is 4.80. The summed E-state index contributed by atoms with van der Waals surface area (Å²) in [6.07, 6.45) is 2.24. The summed E-state index contributed by atoms with van der Waals surface area (Å²) in [5, 5.41) is 4.09. The summed E-state index contributed by atoms with van der Waals surface area (Å²) in [5.41, 5.74) is 10.5. The van der Waals surface area contributed by atoms with Crippen molar-refractivity contribution >= 4 is 17.2 Å². The second kappa shape index (κ2) is 5.61. The first-order chi connectivity index (χ1) is 9.07. The Morgan fingerprint density at radius 3 is 2.63 bits per heavy atom. The fourth-order valence-corrected chi connectivity index (χ4v) is 3.24. The molecule has 102 valence electrons. The number of carbonyl (C=O) groups is 1. The number of hydrogen-bond acceptors (Lipinski definition) is 2. The molecular weight excluding hydrogens is 256 g/mol. The van der Waals surface area contributed by atoms with E-state index >= 15 is 0 Å². The highest BCUT2D eigenvalue weighted by atomic mass is 32.1. The molecule has 0 radical (unpaired) electrons. The van der Waals surface area contributed by atoms with Gasteiger partial charge in [0.15, 0.2) is 0 Å². The predicted octanol–water partition coefficient (Wildman–Crippen LogP) is 3.73. The quantitative estimate of drug-likeness (QED) is 0.888. The van der Waals surface area contributed by atoms with Gasteiger partial charge in [-0.25, -0.2) is 0 Å². The van der Waals surface area contributed by atoms with E-state index in [9.17, 15) is 4.79 Å². The maximum atomic E-state index is 11.8. The Labute approximate surface area is 118 Å². The Bertz CT molecular complexity index is 582. The van der Waals surface area contributed by atoms with Crippen LogP contribution in [0.1, 0.15) is 41.5 Å². The lowest BCUT2D eigenvalue weighted by atomic mass is 10.0. The minimum atomic E-state index is -0.336. The molecular formula is C15H20N2OS. The molecule has 0 saturated heterocycles. The highest BCUT2D eigenvalue weighted by Gasteiger charge is 2.22. The molecule has 0 aliphatic carbocycles. The molecule has 2 rings (SSSR count). The molecule has 0 spiro atoms. The first kappa shape index (κ1) is 13.9. The number of primary amides is 1. The van der Waals surface area contributed by atoms with E-state index in [2.05, 4.69) is 23.8 Å². The standard InChI is InChI=1S/C15H20N2OS/c1-4-5-7-17-10(2)13(12-6-8-19-9-12)14(11(17)3)15(16)18/h6,8-9H,4-5,7H2,1-3H3,(H2,16,18). The topological polar surface area (TPSA) is 48.0 Å². The van der Waals surface area contributed by atoms with E-state index < -0.39 is 0 Å². The van der Waals surface area contributed by atoms with Crippen LogP contribution in [0.25, 0.3) is 11.1 Å². The van der Waals surface area contributed by atoms with E-state index in [1.165, 1.54) is 0 Å². The van der Waals surface area contributed by atoms with Crippen molar-refractivity contribution in [1.29, 1.82) is 0 Å². The molecule has 0 atom stereocenters. The molecule has 2 N–H and O–H groups in total.